The molecule has 0 amide bonds. The number of benzene rings is 1. The van der Waals surface area contributed by atoms with Crippen LogP contribution >= 0.6 is 11.6 Å². The molecule has 1 aromatic carbocycles. The molecule has 0 fully saturated rings. The van der Waals surface area contributed by atoms with E-state index in [1.54, 1.807) is 31.4 Å². The number of hydrogen-bond acceptors (Lipinski definition) is 3. The number of rotatable bonds is 4. The molecule has 1 aromatic heterocycles. The van der Waals surface area contributed by atoms with E-state index in [9.17, 15) is 13.2 Å². The van der Waals surface area contributed by atoms with Crippen LogP contribution in [-0.4, -0.2) is 12.1 Å². The number of halogens is 4. The van der Waals surface area contributed by atoms with E-state index in [2.05, 4.69) is 4.98 Å². The first-order valence-electron chi connectivity index (χ1n) is 5.88. The highest BCUT2D eigenvalue weighted by Crippen LogP contribution is 2.34. The summed E-state index contributed by atoms with van der Waals surface area (Å²) in [5.74, 6) is 0.341. The zero-order valence-corrected chi connectivity index (χ0v) is 11.7. The van der Waals surface area contributed by atoms with E-state index in [0.29, 0.717) is 18.6 Å². The summed E-state index contributed by atoms with van der Waals surface area (Å²) in [6.45, 7) is 0.458. The number of pyridine rings is 1. The van der Waals surface area contributed by atoms with E-state index in [-0.39, 0.29) is 10.9 Å². The highest BCUT2D eigenvalue weighted by atomic mass is 35.5. The standard InChI is InChI=1S/C14H11ClF3NO2/c1-20-8-9-2-4-11(5-3-9)21-13-12(15)6-10(7-19-13)14(16,17)18/h2-7H,8H2,1H3. The molecule has 0 aliphatic carbocycles. The average Bonchev–Trinajstić information content (AvgIpc) is 2.42. The van der Waals surface area contributed by atoms with Crippen LogP contribution in [0.4, 0.5) is 13.2 Å². The van der Waals surface area contributed by atoms with E-state index < -0.39 is 11.7 Å². The van der Waals surface area contributed by atoms with E-state index in [4.69, 9.17) is 21.1 Å². The number of hydrogen-bond donors (Lipinski definition) is 0. The Morgan fingerprint density at radius 1 is 1.19 bits per heavy atom. The molecule has 0 aliphatic rings. The van der Waals surface area contributed by atoms with Crippen molar-refractivity contribution in [3.8, 4) is 11.6 Å². The minimum Gasteiger partial charge on any atom is -0.438 e. The summed E-state index contributed by atoms with van der Waals surface area (Å²) in [6, 6.07) is 7.64. The summed E-state index contributed by atoms with van der Waals surface area (Å²) < 4.78 is 47.8. The van der Waals surface area contributed by atoms with Gasteiger partial charge in [-0.05, 0) is 23.8 Å². The second-order valence-corrected chi connectivity index (χ2v) is 4.59. The first-order chi connectivity index (χ1) is 9.90. The van der Waals surface area contributed by atoms with Crippen molar-refractivity contribution >= 4 is 11.6 Å². The van der Waals surface area contributed by atoms with Gasteiger partial charge in [-0.1, -0.05) is 23.7 Å². The van der Waals surface area contributed by atoms with Crippen molar-refractivity contribution < 1.29 is 22.6 Å². The van der Waals surface area contributed by atoms with Crippen LogP contribution in [0.25, 0.3) is 0 Å². The molecular weight excluding hydrogens is 307 g/mol. The largest absolute Gasteiger partial charge is 0.438 e. The molecular formula is C14H11ClF3NO2. The molecule has 1 heterocycles. The second-order valence-electron chi connectivity index (χ2n) is 4.19. The summed E-state index contributed by atoms with van der Waals surface area (Å²) in [7, 11) is 1.58. The third kappa shape index (κ3) is 4.09. The Morgan fingerprint density at radius 3 is 2.38 bits per heavy atom. The third-order valence-electron chi connectivity index (χ3n) is 2.58. The molecule has 21 heavy (non-hydrogen) atoms. The van der Waals surface area contributed by atoms with Crippen molar-refractivity contribution in [1.29, 1.82) is 0 Å². The smallest absolute Gasteiger partial charge is 0.417 e. The Bertz CT molecular complexity index is 615. The number of methoxy groups -OCH3 is 1. The first kappa shape index (κ1) is 15.6. The molecule has 0 saturated carbocycles. The van der Waals surface area contributed by atoms with Crippen molar-refractivity contribution in [3.05, 3.63) is 52.7 Å². The van der Waals surface area contributed by atoms with Crippen LogP contribution in [0.15, 0.2) is 36.5 Å². The van der Waals surface area contributed by atoms with Crippen molar-refractivity contribution in [3.63, 3.8) is 0 Å². The summed E-state index contributed by atoms with van der Waals surface area (Å²) in [4.78, 5) is 3.60. The first-order valence-corrected chi connectivity index (χ1v) is 6.26. The molecule has 3 nitrogen and oxygen atoms in total. The lowest BCUT2D eigenvalue weighted by Gasteiger charge is -2.10. The van der Waals surface area contributed by atoms with Crippen molar-refractivity contribution in [2.45, 2.75) is 12.8 Å². The number of nitrogens with zero attached hydrogens (tertiary/aromatic N) is 1. The normalized spacial score (nSPS) is 11.5. The fourth-order valence-electron chi connectivity index (χ4n) is 1.59. The van der Waals surface area contributed by atoms with Crippen LogP contribution in [-0.2, 0) is 17.5 Å². The lowest BCUT2D eigenvalue weighted by atomic mass is 10.2. The maximum atomic E-state index is 12.5. The predicted molar refractivity (Wildman–Crippen MR) is 71.5 cm³/mol. The Labute approximate surface area is 124 Å². The average molecular weight is 318 g/mol. The van der Waals surface area contributed by atoms with Gasteiger partial charge in [0.1, 0.15) is 10.8 Å². The van der Waals surface area contributed by atoms with Gasteiger partial charge >= 0.3 is 6.18 Å². The van der Waals surface area contributed by atoms with Gasteiger partial charge in [0.25, 0.3) is 0 Å². The summed E-state index contributed by atoms with van der Waals surface area (Å²) in [5, 5.41) is -0.203. The van der Waals surface area contributed by atoms with Gasteiger partial charge in [0.2, 0.25) is 5.88 Å². The molecule has 0 saturated heterocycles. The van der Waals surface area contributed by atoms with Crippen LogP contribution in [0.2, 0.25) is 5.02 Å². The SMILES string of the molecule is COCc1ccc(Oc2ncc(C(F)(F)F)cc2Cl)cc1. The van der Waals surface area contributed by atoms with Gasteiger partial charge in [0.05, 0.1) is 12.2 Å². The molecule has 0 radical (unpaired) electrons. The highest BCUT2D eigenvalue weighted by molar-refractivity contribution is 6.31. The summed E-state index contributed by atoms with van der Waals surface area (Å²) in [5.41, 5.74) is 0.0200. The molecule has 112 valence electrons. The molecule has 0 N–H and O–H groups in total. The van der Waals surface area contributed by atoms with Gasteiger partial charge in [-0.15, -0.1) is 0 Å². The van der Waals surface area contributed by atoms with Gasteiger partial charge in [-0.3, -0.25) is 0 Å². The fraction of sp³-hybridized carbons (Fsp3) is 0.214. The van der Waals surface area contributed by atoms with Gasteiger partial charge < -0.3 is 9.47 Å². The van der Waals surface area contributed by atoms with E-state index >= 15 is 0 Å². The fourth-order valence-corrected chi connectivity index (χ4v) is 1.79. The van der Waals surface area contributed by atoms with Crippen molar-refractivity contribution in [2.75, 3.05) is 7.11 Å². The molecule has 0 bridgehead atoms. The van der Waals surface area contributed by atoms with Crippen LogP contribution in [0.3, 0.4) is 0 Å². The predicted octanol–water partition coefficient (Wildman–Crippen LogP) is 4.69. The molecule has 7 heteroatoms. The monoisotopic (exact) mass is 317 g/mol. The topological polar surface area (TPSA) is 31.4 Å². The Hall–Kier alpha value is -1.79. The van der Waals surface area contributed by atoms with Gasteiger partial charge in [0.15, 0.2) is 0 Å². The Morgan fingerprint density at radius 2 is 1.86 bits per heavy atom. The lowest BCUT2D eigenvalue weighted by molar-refractivity contribution is -0.137. The van der Waals surface area contributed by atoms with Crippen LogP contribution in [0.1, 0.15) is 11.1 Å². The number of ether oxygens (including phenoxy) is 2. The second kappa shape index (κ2) is 6.32. The molecule has 2 aromatic rings. The van der Waals surface area contributed by atoms with Crippen LogP contribution < -0.4 is 4.74 Å². The van der Waals surface area contributed by atoms with Gasteiger partial charge in [-0.25, -0.2) is 4.98 Å². The Kier molecular flexibility index (Phi) is 4.69. The molecule has 2 rings (SSSR count). The van der Waals surface area contributed by atoms with E-state index in [1.165, 1.54) is 0 Å². The zero-order chi connectivity index (χ0) is 15.5. The lowest BCUT2D eigenvalue weighted by Crippen LogP contribution is -2.05. The van der Waals surface area contributed by atoms with Crippen LogP contribution in [0.5, 0.6) is 11.6 Å². The van der Waals surface area contributed by atoms with Gasteiger partial charge in [-0.2, -0.15) is 13.2 Å². The maximum absolute atomic E-state index is 12.5. The minimum atomic E-state index is -4.49. The quantitative estimate of drug-likeness (QED) is 0.819. The molecule has 0 atom stereocenters. The van der Waals surface area contributed by atoms with Crippen LogP contribution in [0, 0.1) is 0 Å². The summed E-state index contributed by atoms with van der Waals surface area (Å²) >= 11 is 5.76. The number of aromatic nitrogens is 1. The van der Waals surface area contributed by atoms with Gasteiger partial charge in [0, 0.05) is 13.3 Å². The minimum absolute atomic E-state index is 0.0795. The molecule has 0 spiro atoms. The van der Waals surface area contributed by atoms with E-state index in [0.717, 1.165) is 11.6 Å². The van der Waals surface area contributed by atoms with E-state index in [1.807, 2.05) is 0 Å². The zero-order valence-electron chi connectivity index (χ0n) is 10.9. The number of alkyl halides is 3. The van der Waals surface area contributed by atoms with Crippen molar-refractivity contribution in [2.24, 2.45) is 0 Å². The maximum Gasteiger partial charge on any atom is 0.417 e. The molecule has 0 unspecified atom stereocenters. The molecule has 0 aliphatic heterocycles. The van der Waals surface area contributed by atoms with Crippen molar-refractivity contribution in [1.82, 2.24) is 4.98 Å². The third-order valence-corrected chi connectivity index (χ3v) is 2.85. The highest BCUT2D eigenvalue weighted by Gasteiger charge is 2.31. The Balaban J connectivity index is 2.16. The summed E-state index contributed by atoms with van der Waals surface area (Å²) in [6.07, 6.45) is -3.81.